The smallest absolute Gasteiger partial charge is 0.263 e. The Morgan fingerprint density at radius 3 is 2.43 bits per heavy atom. The minimum Gasteiger partial charge on any atom is -0.347 e. The first-order valence-electron chi connectivity index (χ1n) is 10.4. The standard InChI is InChI=1S/C22H30N4O4/c1-5-7-15(2)10-19(27)25-12-17-11-16(25)13-26(17)22(30)18-8-6-9-24(21(18)29)14-20(28)23(3)4/h6,8-10,16-17H,5,7,11-14H2,1-4H3/b15-10+/t16-,17-/m0/s1. The summed E-state index contributed by atoms with van der Waals surface area (Å²) in [5.74, 6) is -0.545. The summed E-state index contributed by atoms with van der Waals surface area (Å²) < 4.78 is 1.26. The summed E-state index contributed by atoms with van der Waals surface area (Å²) in [4.78, 5) is 55.3. The van der Waals surface area contributed by atoms with Gasteiger partial charge in [0.2, 0.25) is 11.8 Å². The number of fused-ring (bicyclic) bond motifs is 2. The molecule has 0 N–H and O–H groups in total. The highest BCUT2D eigenvalue weighted by Crippen LogP contribution is 2.32. The van der Waals surface area contributed by atoms with Crippen LogP contribution in [-0.2, 0) is 16.1 Å². The monoisotopic (exact) mass is 414 g/mol. The number of amides is 3. The molecule has 2 aliphatic rings. The van der Waals surface area contributed by atoms with Crippen LogP contribution in [0.15, 0.2) is 34.8 Å². The summed E-state index contributed by atoms with van der Waals surface area (Å²) in [5.41, 5.74) is 0.662. The fraction of sp³-hybridized carbons (Fsp3) is 0.545. The first-order chi connectivity index (χ1) is 14.2. The van der Waals surface area contributed by atoms with Crippen molar-refractivity contribution in [3.8, 4) is 0 Å². The van der Waals surface area contributed by atoms with Gasteiger partial charge in [0, 0.05) is 39.5 Å². The molecule has 8 nitrogen and oxygen atoms in total. The average molecular weight is 415 g/mol. The topological polar surface area (TPSA) is 82.9 Å². The quantitative estimate of drug-likeness (QED) is 0.653. The first-order valence-corrected chi connectivity index (χ1v) is 10.4. The van der Waals surface area contributed by atoms with Gasteiger partial charge in [-0.1, -0.05) is 18.9 Å². The van der Waals surface area contributed by atoms with Crippen LogP contribution in [0.1, 0.15) is 43.5 Å². The van der Waals surface area contributed by atoms with Gasteiger partial charge in [0.15, 0.2) is 0 Å². The van der Waals surface area contributed by atoms with Gasteiger partial charge in [0.25, 0.3) is 11.5 Å². The van der Waals surface area contributed by atoms with Gasteiger partial charge in [-0.2, -0.15) is 0 Å². The van der Waals surface area contributed by atoms with E-state index in [0.717, 1.165) is 24.8 Å². The van der Waals surface area contributed by atoms with E-state index in [4.69, 9.17) is 0 Å². The number of piperazine rings is 1. The summed E-state index contributed by atoms with van der Waals surface area (Å²) in [6.45, 7) is 4.86. The molecule has 3 heterocycles. The van der Waals surface area contributed by atoms with E-state index in [2.05, 4.69) is 6.92 Å². The molecule has 8 heteroatoms. The second-order valence-corrected chi connectivity index (χ2v) is 8.38. The average Bonchev–Trinajstić information content (AvgIpc) is 3.30. The Bertz CT molecular complexity index is 933. The van der Waals surface area contributed by atoms with Crippen LogP contribution in [0.25, 0.3) is 0 Å². The third-order valence-corrected chi connectivity index (χ3v) is 5.85. The van der Waals surface area contributed by atoms with Gasteiger partial charge >= 0.3 is 0 Å². The molecule has 2 fully saturated rings. The SMILES string of the molecule is CCC/C(C)=C/C(=O)N1C[C@@H]2C[C@H]1CN2C(=O)c1cccn(CC(=O)N(C)C)c1=O. The van der Waals surface area contributed by atoms with Crippen LogP contribution in [0.4, 0.5) is 0 Å². The zero-order chi connectivity index (χ0) is 22.0. The lowest BCUT2D eigenvalue weighted by atomic mass is 10.1. The summed E-state index contributed by atoms with van der Waals surface area (Å²) >= 11 is 0. The lowest BCUT2D eigenvalue weighted by Gasteiger charge is -2.33. The Morgan fingerprint density at radius 1 is 1.17 bits per heavy atom. The van der Waals surface area contributed by atoms with Gasteiger partial charge in [0.05, 0.1) is 12.1 Å². The van der Waals surface area contributed by atoms with Crippen molar-refractivity contribution in [1.82, 2.24) is 19.3 Å². The van der Waals surface area contributed by atoms with Crippen molar-refractivity contribution in [3.05, 3.63) is 45.9 Å². The number of carbonyl (C=O) groups excluding carboxylic acids is 3. The van der Waals surface area contributed by atoms with Crippen LogP contribution in [0.2, 0.25) is 0 Å². The van der Waals surface area contributed by atoms with Crippen LogP contribution in [0.5, 0.6) is 0 Å². The molecule has 0 aromatic carbocycles. The van der Waals surface area contributed by atoms with Gasteiger partial charge in [-0.05, 0) is 31.9 Å². The van der Waals surface area contributed by atoms with Crippen molar-refractivity contribution >= 4 is 17.7 Å². The van der Waals surface area contributed by atoms with Crippen molar-refractivity contribution < 1.29 is 14.4 Å². The molecule has 162 valence electrons. The molecule has 2 aliphatic heterocycles. The molecule has 1 aromatic heterocycles. The molecule has 0 aliphatic carbocycles. The highest BCUT2D eigenvalue weighted by molar-refractivity contribution is 5.95. The predicted octanol–water partition coefficient (Wildman–Crippen LogP) is 1.11. The molecule has 1 aromatic rings. The van der Waals surface area contributed by atoms with Crippen molar-refractivity contribution in [2.75, 3.05) is 27.2 Å². The van der Waals surface area contributed by atoms with Crippen LogP contribution in [0, 0.1) is 0 Å². The van der Waals surface area contributed by atoms with E-state index in [0.29, 0.717) is 13.1 Å². The fourth-order valence-corrected chi connectivity index (χ4v) is 4.21. The molecular weight excluding hydrogens is 384 g/mol. The molecule has 3 amide bonds. The number of aromatic nitrogens is 1. The Hall–Kier alpha value is -2.90. The number of nitrogens with zero attached hydrogens (tertiary/aromatic N) is 4. The summed E-state index contributed by atoms with van der Waals surface area (Å²) in [5, 5.41) is 0. The van der Waals surface area contributed by atoms with E-state index in [-0.39, 0.29) is 41.9 Å². The van der Waals surface area contributed by atoms with E-state index < -0.39 is 5.56 Å². The molecule has 0 unspecified atom stereocenters. The molecule has 0 spiro atoms. The van der Waals surface area contributed by atoms with Crippen molar-refractivity contribution in [2.45, 2.75) is 51.7 Å². The molecule has 0 saturated carbocycles. The third kappa shape index (κ3) is 4.32. The maximum absolute atomic E-state index is 13.1. The lowest BCUT2D eigenvalue weighted by Crippen LogP contribution is -2.51. The highest BCUT2D eigenvalue weighted by Gasteiger charge is 2.47. The number of pyridine rings is 1. The Labute approximate surface area is 176 Å². The maximum atomic E-state index is 13.1. The molecule has 2 bridgehead atoms. The van der Waals surface area contributed by atoms with Gasteiger partial charge in [-0.15, -0.1) is 0 Å². The Morgan fingerprint density at radius 2 is 1.83 bits per heavy atom. The summed E-state index contributed by atoms with van der Waals surface area (Å²) in [6, 6.07) is 3.02. The molecule has 0 radical (unpaired) electrons. The van der Waals surface area contributed by atoms with Crippen LogP contribution >= 0.6 is 0 Å². The predicted molar refractivity (Wildman–Crippen MR) is 113 cm³/mol. The van der Waals surface area contributed by atoms with E-state index in [1.807, 2.05) is 11.8 Å². The second-order valence-electron chi connectivity index (χ2n) is 8.38. The van der Waals surface area contributed by atoms with E-state index >= 15 is 0 Å². The van der Waals surface area contributed by atoms with Gasteiger partial charge in [-0.25, -0.2) is 0 Å². The second kappa shape index (κ2) is 8.85. The minimum absolute atomic E-state index is 0.00446. The first kappa shape index (κ1) is 21.8. The van der Waals surface area contributed by atoms with Crippen LogP contribution < -0.4 is 5.56 Å². The zero-order valence-electron chi connectivity index (χ0n) is 18.1. The molecule has 2 atom stereocenters. The van der Waals surface area contributed by atoms with Crippen LogP contribution in [0.3, 0.4) is 0 Å². The number of allylic oxidation sites excluding steroid dienone is 1. The number of likely N-dealkylation sites (tertiary alicyclic amines) is 2. The normalized spacial score (nSPS) is 20.6. The van der Waals surface area contributed by atoms with E-state index in [1.165, 1.54) is 21.7 Å². The third-order valence-electron chi connectivity index (χ3n) is 5.85. The largest absolute Gasteiger partial charge is 0.347 e. The fourth-order valence-electron chi connectivity index (χ4n) is 4.21. The van der Waals surface area contributed by atoms with Crippen molar-refractivity contribution in [1.29, 1.82) is 0 Å². The summed E-state index contributed by atoms with van der Waals surface area (Å²) in [6.07, 6.45) is 5.85. The van der Waals surface area contributed by atoms with Crippen molar-refractivity contribution in [3.63, 3.8) is 0 Å². The molecule has 30 heavy (non-hydrogen) atoms. The number of likely N-dealkylation sites (N-methyl/N-ethyl adjacent to an activating group) is 1. The summed E-state index contributed by atoms with van der Waals surface area (Å²) in [7, 11) is 3.24. The minimum atomic E-state index is -0.466. The zero-order valence-corrected chi connectivity index (χ0v) is 18.1. The molecular formula is C22H30N4O4. The Balaban J connectivity index is 1.71. The lowest BCUT2D eigenvalue weighted by molar-refractivity contribution is -0.129. The number of hydrogen-bond acceptors (Lipinski definition) is 4. The maximum Gasteiger partial charge on any atom is 0.263 e. The number of carbonyl (C=O) groups is 3. The van der Waals surface area contributed by atoms with E-state index in [1.54, 1.807) is 31.1 Å². The Kier molecular flexibility index (Phi) is 6.43. The van der Waals surface area contributed by atoms with Gasteiger partial charge in [0.1, 0.15) is 12.1 Å². The van der Waals surface area contributed by atoms with Crippen molar-refractivity contribution in [2.24, 2.45) is 0 Å². The number of rotatable bonds is 6. The number of hydrogen-bond donors (Lipinski definition) is 0. The highest BCUT2D eigenvalue weighted by atomic mass is 16.2. The van der Waals surface area contributed by atoms with E-state index in [9.17, 15) is 19.2 Å². The van der Waals surface area contributed by atoms with Gasteiger partial charge in [-0.3, -0.25) is 19.2 Å². The van der Waals surface area contributed by atoms with Crippen LogP contribution in [-0.4, -0.2) is 76.3 Å². The van der Waals surface area contributed by atoms with Gasteiger partial charge < -0.3 is 19.3 Å². The molecule has 2 saturated heterocycles. The molecule has 3 rings (SSSR count).